The van der Waals surface area contributed by atoms with E-state index in [0.29, 0.717) is 12.0 Å². The van der Waals surface area contributed by atoms with Gasteiger partial charge in [-0.15, -0.1) is 0 Å². The second kappa shape index (κ2) is 7.33. The van der Waals surface area contributed by atoms with Crippen molar-refractivity contribution in [2.45, 2.75) is 44.8 Å². The van der Waals surface area contributed by atoms with Crippen molar-refractivity contribution < 1.29 is 27.3 Å². The molecule has 0 saturated carbocycles. The minimum absolute atomic E-state index is 0.0683. The molecular weight excluding hydrogens is 413 g/mol. The van der Waals surface area contributed by atoms with Gasteiger partial charge < -0.3 is 14.7 Å². The third-order valence-corrected chi connectivity index (χ3v) is 4.65. The first-order valence-corrected chi connectivity index (χ1v) is 9.03. The standard InChI is InChI=1S/C18H18ClF3N4O3/c1-17(2,3)13-6-14(25-29-13)24-16(28)12-5-10(27)8-26(12)15-11(19)4-9(7-23-15)18(20,21)22/h4,6-7,12H,5,8H2,1-3H3,(H,24,25,28)/t12-/m0/s1. The van der Waals surface area contributed by atoms with Crippen LogP contribution in [0, 0.1) is 0 Å². The number of amides is 1. The summed E-state index contributed by atoms with van der Waals surface area (Å²) in [6, 6.07) is 1.30. The van der Waals surface area contributed by atoms with Gasteiger partial charge in [-0.2, -0.15) is 13.2 Å². The van der Waals surface area contributed by atoms with Crippen LogP contribution in [0.1, 0.15) is 38.5 Å². The molecule has 1 atom stereocenters. The van der Waals surface area contributed by atoms with E-state index in [9.17, 15) is 22.8 Å². The van der Waals surface area contributed by atoms with Crippen LogP contribution in [-0.4, -0.2) is 34.4 Å². The number of rotatable bonds is 3. The number of aromatic nitrogens is 2. The summed E-state index contributed by atoms with van der Waals surface area (Å²) in [4.78, 5) is 29.7. The third-order valence-electron chi connectivity index (χ3n) is 4.37. The van der Waals surface area contributed by atoms with E-state index in [4.69, 9.17) is 16.1 Å². The Morgan fingerprint density at radius 3 is 2.55 bits per heavy atom. The number of pyridine rings is 1. The molecule has 1 aliphatic heterocycles. The first-order chi connectivity index (χ1) is 13.4. The fourth-order valence-electron chi connectivity index (χ4n) is 2.84. The first kappa shape index (κ1) is 21.1. The molecular formula is C18H18ClF3N4O3. The highest BCUT2D eigenvalue weighted by atomic mass is 35.5. The Labute approximate surface area is 169 Å². The van der Waals surface area contributed by atoms with Gasteiger partial charge in [0.2, 0.25) is 5.91 Å². The summed E-state index contributed by atoms with van der Waals surface area (Å²) in [7, 11) is 0. The topological polar surface area (TPSA) is 88.3 Å². The number of nitrogens with one attached hydrogen (secondary N) is 1. The van der Waals surface area contributed by atoms with Crippen LogP contribution in [0.4, 0.5) is 24.8 Å². The number of ketones is 1. The van der Waals surface area contributed by atoms with Gasteiger partial charge in [0.15, 0.2) is 11.6 Å². The molecule has 3 heterocycles. The maximum absolute atomic E-state index is 12.8. The van der Waals surface area contributed by atoms with E-state index in [1.165, 1.54) is 4.90 Å². The zero-order valence-electron chi connectivity index (χ0n) is 15.8. The molecule has 156 valence electrons. The van der Waals surface area contributed by atoms with Crippen LogP contribution in [0.25, 0.3) is 0 Å². The Hall–Kier alpha value is -2.62. The van der Waals surface area contributed by atoms with Crippen LogP contribution in [-0.2, 0) is 21.2 Å². The van der Waals surface area contributed by atoms with Crippen molar-refractivity contribution in [3.8, 4) is 0 Å². The van der Waals surface area contributed by atoms with E-state index < -0.39 is 23.7 Å². The van der Waals surface area contributed by atoms with Crippen molar-refractivity contribution in [3.63, 3.8) is 0 Å². The number of Topliss-reactive ketones (excluding diaryl/α,β-unsaturated/α-hetero) is 1. The quantitative estimate of drug-likeness (QED) is 0.796. The molecule has 0 spiro atoms. The molecule has 2 aromatic heterocycles. The van der Waals surface area contributed by atoms with Gasteiger partial charge in [-0.25, -0.2) is 4.98 Å². The molecule has 0 radical (unpaired) electrons. The van der Waals surface area contributed by atoms with E-state index in [1.54, 1.807) is 6.07 Å². The number of carbonyl (C=O) groups is 2. The average molecular weight is 431 g/mol. The number of alkyl halides is 3. The highest BCUT2D eigenvalue weighted by molar-refractivity contribution is 6.33. The van der Waals surface area contributed by atoms with E-state index in [1.807, 2.05) is 20.8 Å². The summed E-state index contributed by atoms with van der Waals surface area (Å²) < 4.78 is 43.7. The van der Waals surface area contributed by atoms with Crippen LogP contribution < -0.4 is 10.2 Å². The number of carbonyl (C=O) groups excluding carboxylic acids is 2. The molecule has 1 aliphatic rings. The lowest BCUT2D eigenvalue weighted by Gasteiger charge is -2.24. The van der Waals surface area contributed by atoms with Gasteiger partial charge in [0.25, 0.3) is 0 Å². The van der Waals surface area contributed by atoms with E-state index in [2.05, 4.69) is 15.5 Å². The van der Waals surface area contributed by atoms with Crippen molar-refractivity contribution in [3.05, 3.63) is 34.7 Å². The molecule has 29 heavy (non-hydrogen) atoms. The summed E-state index contributed by atoms with van der Waals surface area (Å²) in [6.45, 7) is 5.54. The summed E-state index contributed by atoms with van der Waals surface area (Å²) in [5.41, 5.74) is -1.33. The Morgan fingerprint density at radius 1 is 1.31 bits per heavy atom. The van der Waals surface area contributed by atoms with Gasteiger partial charge in [0, 0.05) is 24.1 Å². The number of hydrogen-bond donors (Lipinski definition) is 1. The van der Waals surface area contributed by atoms with Crippen molar-refractivity contribution in [1.82, 2.24) is 10.1 Å². The van der Waals surface area contributed by atoms with Gasteiger partial charge in [-0.3, -0.25) is 9.59 Å². The molecule has 0 bridgehead atoms. The number of halogens is 4. The molecule has 1 fully saturated rings. The number of hydrogen-bond acceptors (Lipinski definition) is 6. The van der Waals surface area contributed by atoms with Gasteiger partial charge in [0.05, 0.1) is 17.1 Å². The van der Waals surface area contributed by atoms with Crippen LogP contribution in [0.3, 0.4) is 0 Å². The second-order valence-corrected chi connectivity index (χ2v) is 8.14. The van der Waals surface area contributed by atoms with Gasteiger partial charge >= 0.3 is 6.18 Å². The zero-order valence-corrected chi connectivity index (χ0v) is 16.6. The monoisotopic (exact) mass is 430 g/mol. The van der Waals surface area contributed by atoms with Crippen LogP contribution >= 0.6 is 11.6 Å². The third kappa shape index (κ3) is 4.52. The number of anilines is 2. The van der Waals surface area contributed by atoms with Crippen LogP contribution in [0.15, 0.2) is 22.9 Å². The number of nitrogens with zero attached hydrogens (tertiary/aromatic N) is 3. The molecule has 1 N–H and O–H groups in total. The normalized spacial score (nSPS) is 17.7. The highest BCUT2D eigenvalue weighted by Crippen LogP contribution is 2.35. The molecule has 0 aromatic carbocycles. The molecule has 0 aliphatic carbocycles. The van der Waals surface area contributed by atoms with Gasteiger partial charge in [0.1, 0.15) is 17.6 Å². The predicted molar refractivity (Wildman–Crippen MR) is 98.8 cm³/mol. The second-order valence-electron chi connectivity index (χ2n) is 7.73. The van der Waals surface area contributed by atoms with E-state index in [-0.39, 0.29) is 40.8 Å². The Bertz CT molecular complexity index is 953. The lowest BCUT2D eigenvalue weighted by molar-refractivity contribution is -0.137. The molecule has 1 saturated heterocycles. The minimum Gasteiger partial charge on any atom is -0.359 e. The van der Waals surface area contributed by atoms with E-state index in [0.717, 1.165) is 6.07 Å². The molecule has 3 rings (SSSR count). The average Bonchev–Trinajstić information content (AvgIpc) is 3.20. The zero-order chi connectivity index (χ0) is 21.6. The molecule has 1 amide bonds. The molecule has 2 aromatic rings. The van der Waals surface area contributed by atoms with Crippen LogP contribution in [0.2, 0.25) is 5.02 Å². The maximum Gasteiger partial charge on any atom is 0.417 e. The minimum atomic E-state index is -4.61. The molecule has 7 nitrogen and oxygen atoms in total. The largest absolute Gasteiger partial charge is 0.417 e. The SMILES string of the molecule is CC(C)(C)c1cc(NC(=O)[C@@H]2CC(=O)CN2c2ncc(C(F)(F)F)cc2Cl)no1. The molecule has 11 heteroatoms. The highest BCUT2D eigenvalue weighted by Gasteiger charge is 2.39. The Balaban J connectivity index is 1.82. The summed E-state index contributed by atoms with van der Waals surface area (Å²) in [5.74, 6) is -0.174. The van der Waals surface area contributed by atoms with Crippen LogP contribution in [0.5, 0.6) is 0 Å². The Kier molecular flexibility index (Phi) is 5.33. The fourth-order valence-corrected chi connectivity index (χ4v) is 3.12. The van der Waals surface area contributed by atoms with Gasteiger partial charge in [-0.1, -0.05) is 37.5 Å². The smallest absolute Gasteiger partial charge is 0.359 e. The summed E-state index contributed by atoms with van der Waals surface area (Å²) in [6.07, 6.45) is -4.12. The van der Waals surface area contributed by atoms with Crippen molar-refractivity contribution >= 4 is 34.9 Å². The van der Waals surface area contributed by atoms with Crippen molar-refractivity contribution in [1.29, 1.82) is 0 Å². The lowest BCUT2D eigenvalue weighted by Crippen LogP contribution is -2.40. The fraction of sp³-hybridized carbons (Fsp3) is 0.444. The first-order valence-electron chi connectivity index (χ1n) is 8.65. The maximum atomic E-state index is 12.8. The Morgan fingerprint density at radius 2 is 2.00 bits per heavy atom. The van der Waals surface area contributed by atoms with Gasteiger partial charge in [-0.05, 0) is 6.07 Å². The lowest BCUT2D eigenvalue weighted by atomic mass is 9.93. The summed E-state index contributed by atoms with van der Waals surface area (Å²) in [5, 5.41) is 6.05. The van der Waals surface area contributed by atoms with Crippen molar-refractivity contribution in [2.24, 2.45) is 0 Å². The predicted octanol–water partition coefficient (Wildman–Crippen LogP) is 3.83. The summed E-state index contributed by atoms with van der Waals surface area (Å²) >= 11 is 5.97. The van der Waals surface area contributed by atoms with E-state index >= 15 is 0 Å². The van der Waals surface area contributed by atoms with Crippen molar-refractivity contribution in [2.75, 3.05) is 16.8 Å². The molecule has 0 unspecified atom stereocenters.